The van der Waals surface area contributed by atoms with Crippen molar-refractivity contribution in [3.05, 3.63) is 39.5 Å². The molecule has 0 saturated carbocycles. The number of likely N-dealkylation sites (N-methyl/N-ethyl adjacent to an activating group) is 1. The molecule has 114 valence electrons. The van der Waals surface area contributed by atoms with Crippen LogP contribution in [0.5, 0.6) is 0 Å². The molecule has 0 amide bonds. The van der Waals surface area contributed by atoms with Crippen LogP contribution >= 0.6 is 22.9 Å². The van der Waals surface area contributed by atoms with Gasteiger partial charge < -0.3 is 15.1 Å². The third-order valence-electron chi connectivity index (χ3n) is 4.16. The van der Waals surface area contributed by atoms with Gasteiger partial charge in [-0.25, -0.2) is 4.99 Å². The van der Waals surface area contributed by atoms with E-state index >= 15 is 0 Å². The Morgan fingerprint density at radius 2 is 1.95 bits per heavy atom. The molecule has 0 aliphatic carbocycles. The second kappa shape index (κ2) is 5.57. The molecule has 1 aromatic carbocycles. The molecule has 0 bridgehead atoms. The van der Waals surface area contributed by atoms with E-state index in [9.17, 15) is 0 Å². The van der Waals surface area contributed by atoms with Gasteiger partial charge in [0.2, 0.25) is 0 Å². The summed E-state index contributed by atoms with van der Waals surface area (Å²) in [6, 6.07) is 5.97. The van der Waals surface area contributed by atoms with E-state index in [2.05, 4.69) is 32.9 Å². The summed E-state index contributed by atoms with van der Waals surface area (Å²) in [5, 5.41) is 8.42. The summed E-state index contributed by atoms with van der Waals surface area (Å²) < 4.78 is 0. The Kier molecular flexibility index (Phi) is 3.56. The highest BCUT2D eigenvalue weighted by Crippen LogP contribution is 2.38. The fraction of sp³-hybridized carbons (Fsp3) is 0.312. The van der Waals surface area contributed by atoms with Gasteiger partial charge in [-0.3, -0.25) is 0 Å². The SMILES string of the molecule is CN1CCN(C2=Nc3cscc3Nc3ccc(Cl)cc32)CC1. The van der Waals surface area contributed by atoms with Crippen molar-refractivity contribution in [3.8, 4) is 0 Å². The number of fused-ring (bicyclic) bond motifs is 2. The Morgan fingerprint density at radius 3 is 2.77 bits per heavy atom. The smallest absolute Gasteiger partial charge is 0.138 e. The van der Waals surface area contributed by atoms with E-state index in [0.717, 1.165) is 59.7 Å². The van der Waals surface area contributed by atoms with Gasteiger partial charge in [-0.2, -0.15) is 0 Å². The van der Waals surface area contributed by atoms with Gasteiger partial charge >= 0.3 is 0 Å². The van der Waals surface area contributed by atoms with Crippen LogP contribution in [0.2, 0.25) is 5.02 Å². The van der Waals surface area contributed by atoms with Gasteiger partial charge in [-0.1, -0.05) is 11.6 Å². The zero-order valence-corrected chi connectivity index (χ0v) is 13.9. The summed E-state index contributed by atoms with van der Waals surface area (Å²) in [5.74, 6) is 1.02. The number of anilines is 2. The van der Waals surface area contributed by atoms with Crippen LogP contribution in [0.3, 0.4) is 0 Å². The third-order valence-corrected chi connectivity index (χ3v) is 5.13. The van der Waals surface area contributed by atoms with Gasteiger partial charge in [0.15, 0.2) is 0 Å². The second-order valence-electron chi connectivity index (χ2n) is 5.71. The maximum absolute atomic E-state index is 6.24. The predicted octanol–water partition coefficient (Wildman–Crippen LogP) is 3.78. The number of nitrogens with one attached hydrogen (secondary N) is 1. The van der Waals surface area contributed by atoms with Gasteiger partial charge in [-0.05, 0) is 25.2 Å². The number of hydrogen-bond donors (Lipinski definition) is 1. The molecular weight excluding hydrogens is 316 g/mol. The van der Waals surface area contributed by atoms with Crippen molar-refractivity contribution in [2.45, 2.75) is 0 Å². The van der Waals surface area contributed by atoms with Crippen molar-refractivity contribution in [2.24, 2.45) is 4.99 Å². The molecule has 2 aromatic rings. The van der Waals surface area contributed by atoms with E-state index in [4.69, 9.17) is 16.6 Å². The van der Waals surface area contributed by atoms with Crippen LogP contribution in [0.4, 0.5) is 17.1 Å². The summed E-state index contributed by atoms with van der Waals surface area (Å²) in [7, 11) is 2.16. The van der Waals surface area contributed by atoms with Crippen LogP contribution in [0.15, 0.2) is 34.0 Å². The fourth-order valence-electron chi connectivity index (χ4n) is 2.86. The first-order valence-corrected chi connectivity index (χ1v) is 8.68. The summed E-state index contributed by atoms with van der Waals surface area (Å²) in [6.45, 7) is 4.08. The van der Waals surface area contributed by atoms with Gasteiger partial charge in [0.05, 0.1) is 11.4 Å². The number of rotatable bonds is 0. The minimum atomic E-state index is 0.742. The first kappa shape index (κ1) is 14.1. The maximum Gasteiger partial charge on any atom is 0.138 e. The zero-order valence-electron chi connectivity index (χ0n) is 12.3. The number of aliphatic imine (C=N–C) groups is 1. The second-order valence-corrected chi connectivity index (χ2v) is 6.89. The third kappa shape index (κ3) is 2.49. The first-order chi connectivity index (χ1) is 10.7. The van der Waals surface area contributed by atoms with Gasteiger partial charge in [0, 0.05) is 53.2 Å². The van der Waals surface area contributed by atoms with Crippen LogP contribution in [0, 0.1) is 0 Å². The van der Waals surface area contributed by atoms with Gasteiger partial charge in [0.25, 0.3) is 0 Å². The van der Waals surface area contributed by atoms with E-state index in [1.54, 1.807) is 11.3 Å². The molecule has 0 unspecified atom stereocenters. The van der Waals surface area contributed by atoms with Crippen molar-refractivity contribution in [1.82, 2.24) is 9.80 Å². The highest BCUT2D eigenvalue weighted by Gasteiger charge is 2.24. The standard InChI is InChI=1S/C16H17ClN4S/c1-20-4-6-21(7-5-20)16-12-8-11(17)2-3-13(12)18-14-9-22-10-15(14)19-16/h2-3,8-10,18H,4-7H2,1H3. The molecule has 1 N–H and O–H groups in total. The molecular formula is C16H17ClN4S. The minimum Gasteiger partial charge on any atom is -0.353 e. The minimum absolute atomic E-state index is 0.742. The van der Waals surface area contributed by atoms with E-state index in [1.807, 2.05) is 18.2 Å². The number of piperazine rings is 1. The molecule has 0 radical (unpaired) electrons. The highest BCUT2D eigenvalue weighted by atomic mass is 35.5. The summed E-state index contributed by atoms with van der Waals surface area (Å²) in [4.78, 5) is 9.66. The molecule has 0 atom stereocenters. The Labute approximate surface area is 139 Å². The molecule has 1 aromatic heterocycles. The van der Waals surface area contributed by atoms with Crippen LogP contribution in [0.1, 0.15) is 5.56 Å². The van der Waals surface area contributed by atoms with Gasteiger partial charge in [-0.15, -0.1) is 11.3 Å². The van der Waals surface area contributed by atoms with E-state index < -0.39 is 0 Å². The number of amidine groups is 1. The first-order valence-electron chi connectivity index (χ1n) is 7.36. The van der Waals surface area contributed by atoms with Gasteiger partial charge in [0.1, 0.15) is 5.84 Å². The van der Waals surface area contributed by atoms with E-state index in [-0.39, 0.29) is 0 Å². The van der Waals surface area contributed by atoms with Crippen LogP contribution in [0.25, 0.3) is 0 Å². The Bertz CT molecular complexity index is 731. The molecule has 4 nitrogen and oxygen atoms in total. The molecule has 1 fully saturated rings. The Balaban J connectivity index is 1.82. The van der Waals surface area contributed by atoms with Crippen molar-refractivity contribution >= 4 is 45.8 Å². The van der Waals surface area contributed by atoms with E-state index in [1.165, 1.54) is 0 Å². The summed E-state index contributed by atoms with van der Waals surface area (Å²) in [5.41, 5.74) is 4.22. The lowest BCUT2D eigenvalue weighted by Gasteiger charge is -2.34. The molecule has 3 heterocycles. The molecule has 2 aliphatic rings. The number of hydrogen-bond acceptors (Lipinski definition) is 5. The average Bonchev–Trinajstić information content (AvgIpc) is 2.89. The fourth-order valence-corrected chi connectivity index (χ4v) is 3.72. The van der Waals surface area contributed by atoms with Crippen molar-refractivity contribution in [1.29, 1.82) is 0 Å². The molecule has 0 spiro atoms. The monoisotopic (exact) mass is 332 g/mol. The highest BCUT2D eigenvalue weighted by molar-refractivity contribution is 7.08. The van der Waals surface area contributed by atoms with Crippen LogP contribution < -0.4 is 5.32 Å². The molecule has 22 heavy (non-hydrogen) atoms. The summed E-state index contributed by atoms with van der Waals surface area (Å²) >= 11 is 7.90. The lowest BCUT2D eigenvalue weighted by Crippen LogP contribution is -2.47. The van der Waals surface area contributed by atoms with Crippen molar-refractivity contribution < 1.29 is 0 Å². The molecule has 6 heteroatoms. The zero-order chi connectivity index (χ0) is 15.1. The Hall–Kier alpha value is -1.56. The van der Waals surface area contributed by atoms with Crippen molar-refractivity contribution in [2.75, 3.05) is 38.5 Å². The van der Waals surface area contributed by atoms with Crippen LogP contribution in [-0.4, -0.2) is 48.9 Å². The average molecular weight is 333 g/mol. The topological polar surface area (TPSA) is 30.9 Å². The molecule has 4 rings (SSSR count). The number of benzene rings is 1. The summed E-state index contributed by atoms with van der Waals surface area (Å²) in [6.07, 6.45) is 0. The number of thiophene rings is 1. The predicted molar refractivity (Wildman–Crippen MR) is 94.3 cm³/mol. The lowest BCUT2D eigenvalue weighted by atomic mass is 10.1. The van der Waals surface area contributed by atoms with Crippen molar-refractivity contribution in [3.63, 3.8) is 0 Å². The number of nitrogens with zero attached hydrogens (tertiary/aromatic N) is 3. The maximum atomic E-state index is 6.24. The van der Waals surface area contributed by atoms with E-state index in [0.29, 0.717) is 0 Å². The number of halogens is 1. The molecule has 1 saturated heterocycles. The Morgan fingerprint density at radius 1 is 1.14 bits per heavy atom. The lowest BCUT2D eigenvalue weighted by molar-refractivity contribution is 0.216. The molecule has 2 aliphatic heterocycles. The van der Waals surface area contributed by atoms with Crippen LogP contribution in [-0.2, 0) is 0 Å². The largest absolute Gasteiger partial charge is 0.353 e. The normalized spacial score (nSPS) is 18.1. The quantitative estimate of drug-likeness (QED) is 0.796.